The van der Waals surface area contributed by atoms with Gasteiger partial charge < -0.3 is 14.6 Å². The summed E-state index contributed by atoms with van der Waals surface area (Å²) in [6, 6.07) is 0. The summed E-state index contributed by atoms with van der Waals surface area (Å²) in [5.41, 5.74) is 0. The lowest BCUT2D eigenvalue weighted by molar-refractivity contribution is -0.156. The highest BCUT2D eigenvalue weighted by molar-refractivity contribution is 5.77. The second kappa shape index (κ2) is 7.23. The summed E-state index contributed by atoms with van der Waals surface area (Å²) in [5.74, 6) is -1.63. The van der Waals surface area contributed by atoms with Gasteiger partial charge in [-0.05, 0) is 20.3 Å². The summed E-state index contributed by atoms with van der Waals surface area (Å²) in [7, 11) is 0. The van der Waals surface area contributed by atoms with Crippen LogP contribution >= 0.6 is 0 Å². The van der Waals surface area contributed by atoms with Gasteiger partial charge in [0, 0.05) is 0 Å². The summed E-state index contributed by atoms with van der Waals surface area (Å²) in [6.45, 7) is 5.45. The van der Waals surface area contributed by atoms with E-state index < -0.39 is 24.0 Å². The van der Waals surface area contributed by atoms with Crippen LogP contribution in [0.15, 0.2) is 0 Å². The quantitative estimate of drug-likeness (QED) is 0.657. The highest BCUT2D eigenvalue weighted by Gasteiger charge is 2.23. The third-order valence-corrected chi connectivity index (χ3v) is 1.82. The van der Waals surface area contributed by atoms with Crippen LogP contribution in [0.1, 0.15) is 27.2 Å². The van der Waals surface area contributed by atoms with Crippen molar-refractivity contribution >= 4 is 11.9 Å². The SMILES string of the molecule is CCOC(=O)C(C)CC(O)C(=O)OCC. The molecule has 0 aromatic rings. The number of carbonyl (C=O) groups excluding carboxylic acids is 2. The standard InChI is InChI=1S/C10H18O5/c1-4-14-9(12)7(3)6-8(11)10(13)15-5-2/h7-8,11H,4-6H2,1-3H3. The summed E-state index contributed by atoms with van der Waals surface area (Å²) in [4.78, 5) is 22.2. The Morgan fingerprint density at radius 2 is 1.60 bits per heavy atom. The lowest BCUT2D eigenvalue weighted by atomic mass is 10.0. The number of aliphatic hydroxyl groups is 1. The van der Waals surface area contributed by atoms with Crippen LogP contribution in [0.25, 0.3) is 0 Å². The van der Waals surface area contributed by atoms with Crippen molar-refractivity contribution in [3.8, 4) is 0 Å². The normalized spacial score (nSPS) is 14.1. The molecular formula is C10H18O5. The molecule has 0 amide bonds. The van der Waals surface area contributed by atoms with Gasteiger partial charge in [-0.1, -0.05) is 6.92 Å². The minimum Gasteiger partial charge on any atom is -0.466 e. The topological polar surface area (TPSA) is 72.8 Å². The Hall–Kier alpha value is -1.10. The van der Waals surface area contributed by atoms with E-state index in [9.17, 15) is 14.7 Å². The molecule has 0 spiro atoms. The van der Waals surface area contributed by atoms with Crippen LogP contribution < -0.4 is 0 Å². The van der Waals surface area contributed by atoms with Gasteiger partial charge in [-0.3, -0.25) is 4.79 Å². The Kier molecular flexibility index (Phi) is 6.70. The number of ether oxygens (including phenoxy) is 2. The second-order valence-corrected chi connectivity index (χ2v) is 3.16. The van der Waals surface area contributed by atoms with E-state index in [1.165, 1.54) is 0 Å². The van der Waals surface area contributed by atoms with Gasteiger partial charge in [0.25, 0.3) is 0 Å². The van der Waals surface area contributed by atoms with E-state index in [-0.39, 0.29) is 13.0 Å². The molecule has 2 unspecified atom stereocenters. The average Bonchev–Trinajstić information content (AvgIpc) is 2.18. The van der Waals surface area contributed by atoms with Crippen molar-refractivity contribution in [1.82, 2.24) is 0 Å². The number of hydrogen-bond acceptors (Lipinski definition) is 5. The van der Waals surface area contributed by atoms with Crippen molar-refractivity contribution in [2.24, 2.45) is 5.92 Å². The Morgan fingerprint density at radius 1 is 1.13 bits per heavy atom. The fourth-order valence-electron chi connectivity index (χ4n) is 1.05. The molecule has 5 nitrogen and oxygen atoms in total. The van der Waals surface area contributed by atoms with E-state index in [1.54, 1.807) is 20.8 Å². The Morgan fingerprint density at radius 3 is 2.07 bits per heavy atom. The molecular weight excluding hydrogens is 200 g/mol. The van der Waals surface area contributed by atoms with Crippen molar-refractivity contribution in [1.29, 1.82) is 0 Å². The van der Waals surface area contributed by atoms with Crippen LogP contribution in [0.4, 0.5) is 0 Å². The molecule has 1 N–H and O–H groups in total. The molecule has 88 valence electrons. The highest BCUT2D eigenvalue weighted by Crippen LogP contribution is 2.09. The van der Waals surface area contributed by atoms with Gasteiger partial charge in [-0.2, -0.15) is 0 Å². The van der Waals surface area contributed by atoms with Crippen molar-refractivity contribution < 1.29 is 24.2 Å². The minimum atomic E-state index is -1.26. The van der Waals surface area contributed by atoms with Gasteiger partial charge in [0.2, 0.25) is 0 Å². The minimum absolute atomic E-state index is 0.0255. The molecule has 0 saturated carbocycles. The molecule has 2 atom stereocenters. The number of aliphatic hydroxyl groups excluding tert-OH is 1. The van der Waals surface area contributed by atoms with E-state index >= 15 is 0 Å². The molecule has 0 aliphatic heterocycles. The second-order valence-electron chi connectivity index (χ2n) is 3.16. The van der Waals surface area contributed by atoms with Crippen molar-refractivity contribution in [2.45, 2.75) is 33.3 Å². The molecule has 0 bridgehead atoms. The summed E-state index contributed by atoms with van der Waals surface area (Å²) in [5, 5.41) is 9.35. The Bertz CT molecular complexity index is 192. The number of rotatable bonds is 6. The maximum absolute atomic E-state index is 11.2. The monoisotopic (exact) mass is 218 g/mol. The predicted molar refractivity (Wildman–Crippen MR) is 53.1 cm³/mol. The molecule has 0 aliphatic carbocycles. The number of carbonyl (C=O) groups is 2. The van der Waals surface area contributed by atoms with Gasteiger partial charge in [-0.25, -0.2) is 4.79 Å². The largest absolute Gasteiger partial charge is 0.466 e. The Labute approximate surface area is 89.4 Å². The van der Waals surface area contributed by atoms with Gasteiger partial charge >= 0.3 is 11.9 Å². The van der Waals surface area contributed by atoms with Gasteiger partial charge in [0.05, 0.1) is 19.1 Å². The fourth-order valence-corrected chi connectivity index (χ4v) is 1.05. The average molecular weight is 218 g/mol. The lowest BCUT2D eigenvalue weighted by Crippen LogP contribution is -2.28. The summed E-state index contributed by atoms with van der Waals surface area (Å²) >= 11 is 0. The molecule has 0 aliphatic rings. The molecule has 0 heterocycles. The molecule has 0 saturated heterocycles. The number of hydrogen-bond donors (Lipinski definition) is 1. The lowest BCUT2D eigenvalue weighted by Gasteiger charge is -2.14. The molecule has 0 aromatic carbocycles. The molecule has 0 rings (SSSR count). The van der Waals surface area contributed by atoms with E-state index in [0.717, 1.165) is 0 Å². The van der Waals surface area contributed by atoms with Crippen molar-refractivity contribution in [2.75, 3.05) is 13.2 Å². The van der Waals surface area contributed by atoms with E-state index in [0.29, 0.717) is 6.61 Å². The Balaban J connectivity index is 3.99. The molecule has 5 heteroatoms. The van der Waals surface area contributed by atoms with Gasteiger partial charge in [0.1, 0.15) is 0 Å². The summed E-state index contributed by atoms with van der Waals surface area (Å²) in [6.07, 6.45) is -1.23. The van der Waals surface area contributed by atoms with Crippen LogP contribution in [0.2, 0.25) is 0 Å². The van der Waals surface area contributed by atoms with Crippen LogP contribution in [0.5, 0.6) is 0 Å². The molecule has 0 aromatic heterocycles. The highest BCUT2D eigenvalue weighted by atomic mass is 16.5. The zero-order chi connectivity index (χ0) is 11.8. The van der Waals surface area contributed by atoms with Crippen LogP contribution in [-0.4, -0.2) is 36.4 Å². The smallest absolute Gasteiger partial charge is 0.334 e. The van der Waals surface area contributed by atoms with Crippen LogP contribution in [0, 0.1) is 5.92 Å². The third-order valence-electron chi connectivity index (χ3n) is 1.82. The third kappa shape index (κ3) is 5.37. The number of esters is 2. The first-order valence-corrected chi connectivity index (χ1v) is 5.04. The van der Waals surface area contributed by atoms with Crippen molar-refractivity contribution in [3.63, 3.8) is 0 Å². The molecule has 0 radical (unpaired) electrons. The maximum atomic E-state index is 11.2. The zero-order valence-corrected chi connectivity index (χ0v) is 9.36. The van der Waals surface area contributed by atoms with E-state index in [2.05, 4.69) is 4.74 Å². The molecule has 15 heavy (non-hydrogen) atoms. The van der Waals surface area contributed by atoms with Gasteiger partial charge in [0.15, 0.2) is 6.10 Å². The predicted octanol–water partition coefficient (Wildman–Crippen LogP) is 0.500. The van der Waals surface area contributed by atoms with Crippen molar-refractivity contribution in [3.05, 3.63) is 0 Å². The zero-order valence-electron chi connectivity index (χ0n) is 9.36. The van der Waals surface area contributed by atoms with Crippen LogP contribution in [-0.2, 0) is 19.1 Å². The van der Waals surface area contributed by atoms with E-state index in [1.807, 2.05) is 0 Å². The molecule has 0 fully saturated rings. The first kappa shape index (κ1) is 13.9. The fraction of sp³-hybridized carbons (Fsp3) is 0.800. The first-order valence-electron chi connectivity index (χ1n) is 5.04. The van der Waals surface area contributed by atoms with E-state index in [4.69, 9.17) is 4.74 Å². The van der Waals surface area contributed by atoms with Gasteiger partial charge in [-0.15, -0.1) is 0 Å². The maximum Gasteiger partial charge on any atom is 0.334 e. The first-order chi connectivity index (χ1) is 7.02. The van der Waals surface area contributed by atoms with Crippen LogP contribution in [0.3, 0.4) is 0 Å². The summed E-state index contributed by atoms with van der Waals surface area (Å²) < 4.78 is 9.35.